The zero-order chi connectivity index (χ0) is 15.0. The van der Waals surface area contributed by atoms with Gasteiger partial charge >= 0.3 is 0 Å². The van der Waals surface area contributed by atoms with Crippen molar-refractivity contribution in [2.75, 3.05) is 0 Å². The van der Waals surface area contributed by atoms with Gasteiger partial charge in [-0.2, -0.15) is 0 Å². The molecule has 0 atom stereocenters. The van der Waals surface area contributed by atoms with Gasteiger partial charge in [-0.05, 0) is 26.0 Å². The molecule has 6 nitrogen and oxygen atoms in total. The fraction of sp³-hybridized carbons (Fsp3) is 0.357. The molecule has 2 N–H and O–H groups in total. The molecule has 0 fully saturated rings. The lowest BCUT2D eigenvalue weighted by molar-refractivity contribution is 0.543. The van der Waals surface area contributed by atoms with E-state index in [-0.39, 0.29) is 11.9 Å². The predicted octanol–water partition coefficient (Wildman–Crippen LogP) is 1.85. The van der Waals surface area contributed by atoms with Gasteiger partial charge in [-0.1, -0.05) is 5.21 Å². The Bertz CT molecular complexity index is 773. The molecule has 0 aliphatic carbocycles. The Labute approximate surface area is 121 Å². The molecule has 110 valence electrons. The van der Waals surface area contributed by atoms with Crippen LogP contribution in [0.5, 0.6) is 0 Å². The number of halogens is 1. The first-order valence-electron chi connectivity index (χ1n) is 6.84. The van der Waals surface area contributed by atoms with Crippen molar-refractivity contribution in [3.05, 3.63) is 41.7 Å². The molecular formula is C14H17FN6. The standard InChI is InChI=1S/C14H17FN6/c1-9(2)21-13-4-3-10(15)5-12(13)17-14(21)8-20-7-11(6-16)18-19-20/h3-5,7,9H,6,8,16H2,1-2H3. The molecule has 3 rings (SSSR count). The number of nitrogens with zero attached hydrogens (tertiary/aromatic N) is 5. The molecule has 0 radical (unpaired) electrons. The second kappa shape index (κ2) is 5.25. The summed E-state index contributed by atoms with van der Waals surface area (Å²) < 4.78 is 17.1. The topological polar surface area (TPSA) is 74.5 Å². The van der Waals surface area contributed by atoms with E-state index in [0.29, 0.717) is 18.6 Å². The van der Waals surface area contributed by atoms with Crippen LogP contribution in [0.15, 0.2) is 24.4 Å². The third-order valence-electron chi connectivity index (χ3n) is 3.34. The molecule has 0 amide bonds. The zero-order valence-electron chi connectivity index (χ0n) is 12.0. The van der Waals surface area contributed by atoms with Gasteiger partial charge in [0.05, 0.1) is 22.9 Å². The molecule has 3 aromatic rings. The van der Waals surface area contributed by atoms with Gasteiger partial charge in [0.1, 0.15) is 18.2 Å². The van der Waals surface area contributed by atoms with Gasteiger partial charge < -0.3 is 10.3 Å². The summed E-state index contributed by atoms with van der Waals surface area (Å²) in [5.41, 5.74) is 7.83. The van der Waals surface area contributed by atoms with E-state index in [4.69, 9.17) is 5.73 Å². The predicted molar refractivity (Wildman–Crippen MR) is 77.1 cm³/mol. The SMILES string of the molecule is CC(C)n1c(Cn2cc(CN)nn2)nc2cc(F)ccc21. The normalized spacial score (nSPS) is 11.7. The third kappa shape index (κ3) is 2.52. The summed E-state index contributed by atoms with van der Waals surface area (Å²) in [5, 5.41) is 7.99. The average molecular weight is 288 g/mol. The van der Waals surface area contributed by atoms with Crippen LogP contribution >= 0.6 is 0 Å². The second-order valence-corrected chi connectivity index (χ2v) is 5.24. The van der Waals surface area contributed by atoms with Gasteiger partial charge in [0.2, 0.25) is 0 Å². The van der Waals surface area contributed by atoms with Crippen molar-refractivity contribution in [1.82, 2.24) is 24.5 Å². The molecule has 21 heavy (non-hydrogen) atoms. The molecule has 2 aromatic heterocycles. The van der Waals surface area contributed by atoms with E-state index in [2.05, 4.69) is 33.7 Å². The van der Waals surface area contributed by atoms with E-state index < -0.39 is 0 Å². The van der Waals surface area contributed by atoms with Crippen molar-refractivity contribution in [2.45, 2.75) is 33.0 Å². The minimum absolute atomic E-state index is 0.216. The van der Waals surface area contributed by atoms with E-state index in [1.807, 2.05) is 0 Å². The Morgan fingerprint density at radius 3 is 2.81 bits per heavy atom. The van der Waals surface area contributed by atoms with Crippen LogP contribution in [0.3, 0.4) is 0 Å². The quantitative estimate of drug-likeness (QED) is 0.795. The highest BCUT2D eigenvalue weighted by Crippen LogP contribution is 2.22. The van der Waals surface area contributed by atoms with Crippen LogP contribution in [0.4, 0.5) is 4.39 Å². The van der Waals surface area contributed by atoms with Crippen molar-refractivity contribution in [2.24, 2.45) is 5.73 Å². The lowest BCUT2D eigenvalue weighted by Gasteiger charge is -2.12. The molecule has 0 aliphatic heterocycles. The monoisotopic (exact) mass is 288 g/mol. The molecule has 0 aliphatic rings. The summed E-state index contributed by atoms with van der Waals surface area (Å²) >= 11 is 0. The first-order valence-corrected chi connectivity index (χ1v) is 6.84. The minimum Gasteiger partial charge on any atom is -0.325 e. The molecule has 0 spiro atoms. The lowest BCUT2D eigenvalue weighted by Crippen LogP contribution is -2.11. The summed E-state index contributed by atoms with van der Waals surface area (Å²) in [5.74, 6) is 0.535. The van der Waals surface area contributed by atoms with Crippen LogP contribution in [-0.4, -0.2) is 24.5 Å². The van der Waals surface area contributed by atoms with Crippen LogP contribution in [0.2, 0.25) is 0 Å². The van der Waals surface area contributed by atoms with Crippen LogP contribution in [-0.2, 0) is 13.1 Å². The van der Waals surface area contributed by atoms with Gasteiger partial charge in [-0.25, -0.2) is 14.1 Å². The Kier molecular flexibility index (Phi) is 3.42. The van der Waals surface area contributed by atoms with Crippen LogP contribution in [0.25, 0.3) is 11.0 Å². The fourth-order valence-corrected chi connectivity index (χ4v) is 2.46. The van der Waals surface area contributed by atoms with E-state index in [1.54, 1.807) is 16.9 Å². The second-order valence-electron chi connectivity index (χ2n) is 5.24. The van der Waals surface area contributed by atoms with Crippen molar-refractivity contribution < 1.29 is 4.39 Å². The van der Waals surface area contributed by atoms with Crippen molar-refractivity contribution >= 4 is 11.0 Å². The van der Waals surface area contributed by atoms with E-state index in [1.165, 1.54) is 12.1 Å². The molecule has 0 saturated heterocycles. The van der Waals surface area contributed by atoms with E-state index in [9.17, 15) is 4.39 Å². The average Bonchev–Trinajstić information content (AvgIpc) is 3.02. The number of hydrogen-bond acceptors (Lipinski definition) is 4. The number of fused-ring (bicyclic) bond motifs is 1. The highest BCUT2D eigenvalue weighted by atomic mass is 19.1. The summed E-state index contributed by atoms with van der Waals surface area (Å²) in [7, 11) is 0. The first kappa shape index (κ1) is 13.7. The Morgan fingerprint density at radius 1 is 1.33 bits per heavy atom. The Morgan fingerprint density at radius 2 is 2.14 bits per heavy atom. The lowest BCUT2D eigenvalue weighted by atomic mass is 10.3. The number of benzene rings is 1. The number of nitrogens with two attached hydrogens (primary N) is 1. The van der Waals surface area contributed by atoms with E-state index >= 15 is 0 Å². The van der Waals surface area contributed by atoms with Crippen molar-refractivity contribution in [3.8, 4) is 0 Å². The molecular weight excluding hydrogens is 271 g/mol. The maximum absolute atomic E-state index is 13.4. The smallest absolute Gasteiger partial charge is 0.132 e. The summed E-state index contributed by atoms with van der Waals surface area (Å²) in [6.45, 7) is 4.97. The number of hydrogen-bond donors (Lipinski definition) is 1. The van der Waals surface area contributed by atoms with Crippen LogP contribution < -0.4 is 5.73 Å². The molecule has 0 saturated carbocycles. The van der Waals surface area contributed by atoms with Crippen molar-refractivity contribution in [1.29, 1.82) is 0 Å². The van der Waals surface area contributed by atoms with Gasteiger partial charge in [0.15, 0.2) is 0 Å². The van der Waals surface area contributed by atoms with Crippen molar-refractivity contribution in [3.63, 3.8) is 0 Å². The van der Waals surface area contributed by atoms with E-state index in [0.717, 1.165) is 17.0 Å². The third-order valence-corrected chi connectivity index (χ3v) is 3.34. The molecule has 7 heteroatoms. The Hall–Kier alpha value is -2.28. The highest BCUT2D eigenvalue weighted by Gasteiger charge is 2.14. The maximum Gasteiger partial charge on any atom is 0.132 e. The maximum atomic E-state index is 13.4. The van der Waals surface area contributed by atoms with Gasteiger partial charge in [0.25, 0.3) is 0 Å². The van der Waals surface area contributed by atoms with Gasteiger partial charge in [0, 0.05) is 18.7 Å². The molecule has 1 aromatic carbocycles. The molecule has 0 unspecified atom stereocenters. The Balaban J connectivity index is 2.06. The molecule has 2 heterocycles. The van der Waals surface area contributed by atoms with Gasteiger partial charge in [-0.3, -0.25) is 0 Å². The highest BCUT2D eigenvalue weighted by molar-refractivity contribution is 5.76. The number of rotatable bonds is 4. The first-order chi connectivity index (χ1) is 10.1. The van der Waals surface area contributed by atoms with Crippen LogP contribution in [0.1, 0.15) is 31.4 Å². The summed E-state index contributed by atoms with van der Waals surface area (Å²) in [6.07, 6.45) is 1.80. The largest absolute Gasteiger partial charge is 0.325 e. The van der Waals surface area contributed by atoms with Gasteiger partial charge in [-0.15, -0.1) is 5.10 Å². The minimum atomic E-state index is -0.284. The fourth-order valence-electron chi connectivity index (χ4n) is 2.46. The number of aromatic nitrogens is 5. The number of imidazole rings is 1. The van der Waals surface area contributed by atoms with Crippen LogP contribution in [0, 0.1) is 5.82 Å². The molecule has 0 bridgehead atoms. The zero-order valence-corrected chi connectivity index (χ0v) is 12.0. The summed E-state index contributed by atoms with van der Waals surface area (Å²) in [4.78, 5) is 4.53. The summed E-state index contributed by atoms with van der Waals surface area (Å²) in [6, 6.07) is 4.88.